The van der Waals surface area contributed by atoms with Gasteiger partial charge < -0.3 is 15.2 Å². The molecular formula is C13H21NO2S. The average molecular weight is 255 g/mol. The monoisotopic (exact) mass is 255 g/mol. The number of aliphatic hydroxyl groups excluding tert-OH is 1. The maximum atomic E-state index is 9.98. The number of hydrogen-bond acceptors (Lipinski definition) is 4. The van der Waals surface area contributed by atoms with E-state index in [9.17, 15) is 5.11 Å². The summed E-state index contributed by atoms with van der Waals surface area (Å²) in [4.78, 5) is 1.04. The smallest absolute Gasteiger partial charge is 0.101 e. The number of nitrogens with one attached hydrogen (secondary N) is 1. The predicted octanol–water partition coefficient (Wildman–Crippen LogP) is 2.19. The fourth-order valence-electron chi connectivity index (χ4n) is 2.26. The predicted molar refractivity (Wildman–Crippen MR) is 70.3 cm³/mol. The lowest BCUT2D eigenvalue weighted by molar-refractivity contribution is 0.0537. The minimum absolute atomic E-state index is 0.378. The van der Waals surface area contributed by atoms with Crippen LogP contribution in [0.4, 0.5) is 0 Å². The molecular weight excluding hydrogens is 234 g/mol. The van der Waals surface area contributed by atoms with Gasteiger partial charge in [-0.15, -0.1) is 11.3 Å². The van der Waals surface area contributed by atoms with Gasteiger partial charge in [0.15, 0.2) is 0 Å². The van der Waals surface area contributed by atoms with Crippen molar-refractivity contribution in [3.63, 3.8) is 0 Å². The first-order chi connectivity index (χ1) is 8.27. The standard InChI is InChI=1S/C13H21NO2S/c1-10(11-4-6-16-7-5-11)14-9-12(15)13-3-2-8-17-13/h2-3,8,10-12,14-15H,4-7,9H2,1H3. The van der Waals surface area contributed by atoms with Gasteiger partial charge in [0.25, 0.3) is 0 Å². The lowest BCUT2D eigenvalue weighted by Gasteiger charge is -2.29. The van der Waals surface area contributed by atoms with Crippen LogP contribution in [0.2, 0.25) is 0 Å². The highest BCUT2D eigenvalue weighted by Gasteiger charge is 2.21. The molecule has 0 spiro atoms. The molecule has 0 radical (unpaired) electrons. The molecule has 96 valence electrons. The van der Waals surface area contributed by atoms with Gasteiger partial charge in [0, 0.05) is 30.7 Å². The topological polar surface area (TPSA) is 41.5 Å². The third kappa shape index (κ3) is 3.78. The van der Waals surface area contributed by atoms with E-state index in [0.717, 1.165) is 30.9 Å². The van der Waals surface area contributed by atoms with Gasteiger partial charge in [0.05, 0.1) is 0 Å². The van der Waals surface area contributed by atoms with Crippen LogP contribution in [0.3, 0.4) is 0 Å². The van der Waals surface area contributed by atoms with Gasteiger partial charge in [-0.25, -0.2) is 0 Å². The van der Waals surface area contributed by atoms with Crippen molar-refractivity contribution < 1.29 is 9.84 Å². The summed E-state index contributed by atoms with van der Waals surface area (Å²) in [5.74, 6) is 0.680. The van der Waals surface area contributed by atoms with Crippen LogP contribution in [0.15, 0.2) is 17.5 Å². The molecule has 2 rings (SSSR count). The van der Waals surface area contributed by atoms with E-state index in [2.05, 4.69) is 12.2 Å². The van der Waals surface area contributed by atoms with E-state index in [1.807, 2.05) is 17.5 Å². The molecule has 1 aromatic rings. The van der Waals surface area contributed by atoms with E-state index in [-0.39, 0.29) is 6.10 Å². The second-order valence-corrected chi connectivity index (χ2v) is 5.66. The highest BCUT2D eigenvalue weighted by atomic mass is 32.1. The van der Waals surface area contributed by atoms with Crippen molar-refractivity contribution in [2.24, 2.45) is 5.92 Å². The van der Waals surface area contributed by atoms with Crippen LogP contribution in [-0.4, -0.2) is 30.9 Å². The van der Waals surface area contributed by atoms with E-state index < -0.39 is 0 Å². The molecule has 2 unspecified atom stereocenters. The first-order valence-corrected chi connectivity index (χ1v) is 7.18. The number of rotatable bonds is 5. The Labute approximate surface area is 107 Å². The van der Waals surface area contributed by atoms with E-state index in [1.165, 1.54) is 0 Å². The molecule has 1 aromatic heterocycles. The number of hydrogen-bond donors (Lipinski definition) is 2. The van der Waals surface area contributed by atoms with E-state index >= 15 is 0 Å². The third-order valence-corrected chi connectivity index (χ3v) is 4.45. The van der Waals surface area contributed by atoms with E-state index in [4.69, 9.17) is 4.74 Å². The molecule has 1 aliphatic heterocycles. The molecule has 17 heavy (non-hydrogen) atoms. The second-order valence-electron chi connectivity index (χ2n) is 4.68. The molecule has 3 nitrogen and oxygen atoms in total. The van der Waals surface area contributed by atoms with Crippen LogP contribution in [-0.2, 0) is 4.74 Å². The van der Waals surface area contributed by atoms with Gasteiger partial charge in [-0.3, -0.25) is 0 Å². The molecule has 1 saturated heterocycles. The first kappa shape index (κ1) is 13.0. The highest BCUT2D eigenvalue weighted by Crippen LogP contribution is 2.21. The Morgan fingerprint density at radius 1 is 1.53 bits per heavy atom. The fourth-order valence-corrected chi connectivity index (χ4v) is 2.97. The Balaban J connectivity index is 1.73. The lowest BCUT2D eigenvalue weighted by Crippen LogP contribution is -2.38. The zero-order chi connectivity index (χ0) is 12.1. The second kappa shape index (κ2) is 6.50. The van der Waals surface area contributed by atoms with Crippen LogP contribution >= 0.6 is 11.3 Å². The van der Waals surface area contributed by atoms with Crippen molar-refractivity contribution in [2.45, 2.75) is 31.9 Å². The summed E-state index contributed by atoms with van der Waals surface area (Å²) in [7, 11) is 0. The largest absolute Gasteiger partial charge is 0.386 e. The van der Waals surface area contributed by atoms with E-state index in [0.29, 0.717) is 18.5 Å². The fraction of sp³-hybridized carbons (Fsp3) is 0.692. The Kier molecular flexibility index (Phi) is 4.98. The summed E-state index contributed by atoms with van der Waals surface area (Å²) in [6, 6.07) is 4.41. The number of aliphatic hydroxyl groups is 1. The Morgan fingerprint density at radius 2 is 2.29 bits per heavy atom. The van der Waals surface area contributed by atoms with Crippen LogP contribution in [0.1, 0.15) is 30.7 Å². The van der Waals surface area contributed by atoms with Gasteiger partial charge >= 0.3 is 0 Å². The number of ether oxygens (including phenoxy) is 1. The van der Waals surface area contributed by atoms with Gasteiger partial charge in [0.1, 0.15) is 6.10 Å². The Morgan fingerprint density at radius 3 is 2.94 bits per heavy atom. The molecule has 0 saturated carbocycles. The molecule has 4 heteroatoms. The van der Waals surface area contributed by atoms with Crippen LogP contribution in [0.25, 0.3) is 0 Å². The van der Waals surface area contributed by atoms with Crippen LogP contribution < -0.4 is 5.32 Å². The molecule has 2 heterocycles. The SMILES string of the molecule is CC(NCC(O)c1cccs1)C1CCOCC1. The summed E-state index contributed by atoms with van der Waals surface area (Å²) in [6.07, 6.45) is 1.88. The van der Waals surface area contributed by atoms with Crippen LogP contribution in [0, 0.1) is 5.92 Å². The number of thiophene rings is 1. The molecule has 2 N–H and O–H groups in total. The average Bonchev–Trinajstić information content (AvgIpc) is 2.90. The quantitative estimate of drug-likeness (QED) is 0.847. The zero-order valence-corrected chi connectivity index (χ0v) is 11.1. The van der Waals surface area contributed by atoms with Gasteiger partial charge in [-0.05, 0) is 37.1 Å². The minimum Gasteiger partial charge on any atom is -0.386 e. The lowest BCUT2D eigenvalue weighted by atomic mass is 9.93. The van der Waals surface area contributed by atoms with Crippen molar-refractivity contribution >= 4 is 11.3 Å². The maximum Gasteiger partial charge on any atom is 0.101 e. The van der Waals surface area contributed by atoms with Gasteiger partial charge in [-0.2, -0.15) is 0 Å². The molecule has 0 aromatic carbocycles. The van der Waals surface area contributed by atoms with Gasteiger partial charge in [-0.1, -0.05) is 6.07 Å². The van der Waals surface area contributed by atoms with Crippen molar-refractivity contribution in [2.75, 3.05) is 19.8 Å². The Bertz CT molecular complexity index is 309. The van der Waals surface area contributed by atoms with Crippen LogP contribution in [0.5, 0.6) is 0 Å². The third-order valence-electron chi connectivity index (χ3n) is 3.48. The summed E-state index contributed by atoms with van der Waals surface area (Å²) in [5, 5.41) is 15.4. The zero-order valence-electron chi connectivity index (χ0n) is 10.3. The maximum absolute atomic E-state index is 9.98. The molecule has 0 amide bonds. The summed E-state index contributed by atoms with van der Waals surface area (Å²) in [6.45, 7) is 4.60. The van der Waals surface area contributed by atoms with Crippen molar-refractivity contribution in [1.82, 2.24) is 5.32 Å². The van der Waals surface area contributed by atoms with Crippen molar-refractivity contribution in [3.05, 3.63) is 22.4 Å². The van der Waals surface area contributed by atoms with Gasteiger partial charge in [0.2, 0.25) is 0 Å². The summed E-state index contributed by atoms with van der Waals surface area (Å²) < 4.78 is 5.36. The van der Waals surface area contributed by atoms with E-state index in [1.54, 1.807) is 11.3 Å². The molecule has 2 atom stereocenters. The van der Waals surface area contributed by atoms with Crippen molar-refractivity contribution in [1.29, 1.82) is 0 Å². The van der Waals surface area contributed by atoms with Crippen molar-refractivity contribution in [3.8, 4) is 0 Å². The summed E-state index contributed by atoms with van der Waals surface area (Å²) >= 11 is 1.61. The molecule has 0 bridgehead atoms. The first-order valence-electron chi connectivity index (χ1n) is 6.30. The summed E-state index contributed by atoms with van der Waals surface area (Å²) in [5.41, 5.74) is 0. The Hall–Kier alpha value is -0.420. The minimum atomic E-state index is -0.378. The molecule has 1 fully saturated rings. The highest BCUT2D eigenvalue weighted by molar-refractivity contribution is 7.10. The molecule has 0 aliphatic carbocycles. The normalized spacial score (nSPS) is 21.3. The molecule has 1 aliphatic rings.